The minimum absolute atomic E-state index is 0.182. The predicted octanol–water partition coefficient (Wildman–Crippen LogP) is 4.52. The summed E-state index contributed by atoms with van der Waals surface area (Å²) in [5.74, 6) is 0.432. The molecular formula is C24H23N5O3. The molecule has 5 rings (SSSR count). The van der Waals surface area contributed by atoms with E-state index in [9.17, 15) is 4.79 Å². The summed E-state index contributed by atoms with van der Waals surface area (Å²) in [6.45, 7) is 6.27. The van der Waals surface area contributed by atoms with E-state index < -0.39 is 6.04 Å². The molecule has 1 aliphatic rings. The zero-order chi connectivity index (χ0) is 22.5. The quantitative estimate of drug-likeness (QED) is 0.512. The zero-order valence-corrected chi connectivity index (χ0v) is 18.3. The minimum atomic E-state index is -0.473. The van der Waals surface area contributed by atoms with Crippen LogP contribution < -0.4 is 9.64 Å². The van der Waals surface area contributed by atoms with Gasteiger partial charge in [0, 0.05) is 40.2 Å². The van der Waals surface area contributed by atoms with E-state index in [1.165, 1.54) is 6.26 Å². The van der Waals surface area contributed by atoms with E-state index in [1.54, 1.807) is 24.3 Å². The lowest BCUT2D eigenvalue weighted by molar-refractivity contribution is 0.0988. The number of rotatable bonds is 4. The van der Waals surface area contributed by atoms with Crippen LogP contribution in [0.15, 0.2) is 59.4 Å². The van der Waals surface area contributed by atoms with Gasteiger partial charge in [0.2, 0.25) is 0 Å². The first kappa shape index (κ1) is 20.0. The van der Waals surface area contributed by atoms with Gasteiger partial charge >= 0.3 is 0 Å². The van der Waals surface area contributed by atoms with Crippen LogP contribution in [0.2, 0.25) is 0 Å². The minimum Gasteiger partial charge on any atom is -0.495 e. The molecule has 4 aromatic rings. The Morgan fingerprint density at radius 1 is 1.12 bits per heavy atom. The Kier molecular flexibility index (Phi) is 4.58. The van der Waals surface area contributed by atoms with Gasteiger partial charge in [-0.1, -0.05) is 38.1 Å². The van der Waals surface area contributed by atoms with Crippen molar-refractivity contribution in [3.8, 4) is 17.0 Å². The van der Waals surface area contributed by atoms with Crippen LogP contribution in [-0.4, -0.2) is 33.4 Å². The Morgan fingerprint density at radius 2 is 1.91 bits per heavy atom. The van der Waals surface area contributed by atoms with Gasteiger partial charge in [-0.3, -0.25) is 19.8 Å². The third-order valence-corrected chi connectivity index (χ3v) is 5.66. The van der Waals surface area contributed by atoms with Gasteiger partial charge in [0.15, 0.2) is 5.69 Å². The first-order valence-electron chi connectivity index (χ1n) is 10.3. The summed E-state index contributed by atoms with van der Waals surface area (Å²) in [6.07, 6.45) is 3.24. The number of pyridine rings is 1. The number of carbonyl (C=O) groups is 1. The molecule has 1 atom stereocenters. The Balaban J connectivity index is 1.68. The van der Waals surface area contributed by atoms with E-state index in [0.29, 0.717) is 17.1 Å². The molecule has 0 spiro atoms. The highest BCUT2D eigenvalue weighted by Gasteiger charge is 2.46. The standard InChI is InChI=1S/C24H23N5O3/c1-24(2,3)22-18-20(26-27-22)23(30)29(21(18)19-17(31-4)6-5-12-25-19)15-9-7-14(8-10-15)16-11-13-32-28-16/h5-13,21H,1-4H3,(H,26,27). The van der Waals surface area contributed by atoms with Gasteiger partial charge in [-0.2, -0.15) is 5.10 Å². The Bertz CT molecular complexity index is 1270. The van der Waals surface area contributed by atoms with Crippen LogP contribution in [0.3, 0.4) is 0 Å². The van der Waals surface area contributed by atoms with Crippen molar-refractivity contribution in [1.29, 1.82) is 0 Å². The molecule has 0 aliphatic carbocycles. The molecule has 1 N–H and O–H groups in total. The number of hydrogen-bond acceptors (Lipinski definition) is 6. The van der Waals surface area contributed by atoms with Crippen molar-refractivity contribution in [3.63, 3.8) is 0 Å². The van der Waals surface area contributed by atoms with Gasteiger partial charge in [0.25, 0.3) is 5.91 Å². The van der Waals surface area contributed by atoms with Crippen LogP contribution in [0.25, 0.3) is 11.3 Å². The molecule has 0 radical (unpaired) electrons. The van der Waals surface area contributed by atoms with Gasteiger partial charge in [-0.05, 0) is 24.3 Å². The molecule has 0 saturated carbocycles. The molecule has 32 heavy (non-hydrogen) atoms. The largest absolute Gasteiger partial charge is 0.495 e. The molecule has 8 nitrogen and oxygen atoms in total. The number of methoxy groups -OCH3 is 1. The lowest BCUT2D eigenvalue weighted by Gasteiger charge is -2.28. The molecule has 162 valence electrons. The molecule has 1 unspecified atom stereocenters. The summed E-state index contributed by atoms with van der Waals surface area (Å²) < 4.78 is 10.6. The molecule has 0 bridgehead atoms. The summed E-state index contributed by atoms with van der Waals surface area (Å²) in [6, 6.07) is 12.6. The Hall–Kier alpha value is -3.94. The second-order valence-electron chi connectivity index (χ2n) is 8.71. The first-order chi connectivity index (χ1) is 15.4. The normalized spacial score (nSPS) is 15.8. The lowest BCUT2D eigenvalue weighted by Crippen LogP contribution is -2.31. The number of amides is 1. The van der Waals surface area contributed by atoms with Gasteiger partial charge < -0.3 is 9.26 Å². The van der Waals surface area contributed by atoms with E-state index in [-0.39, 0.29) is 11.3 Å². The number of hydrogen-bond donors (Lipinski definition) is 1. The second-order valence-corrected chi connectivity index (χ2v) is 8.71. The summed E-state index contributed by atoms with van der Waals surface area (Å²) in [5.41, 5.74) is 4.93. The number of fused-ring (bicyclic) bond motifs is 1. The van der Waals surface area contributed by atoms with Gasteiger partial charge in [-0.15, -0.1) is 0 Å². The number of carbonyl (C=O) groups excluding carboxylic acids is 1. The second kappa shape index (κ2) is 7.33. The van der Waals surface area contributed by atoms with Crippen molar-refractivity contribution in [2.24, 2.45) is 0 Å². The highest BCUT2D eigenvalue weighted by atomic mass is 16.5. The van der Waals surface area contributed by atoms with E-state index in [2.05, 4.69) is 41.1 Å². The number of aromatic nitrogens is 4. The maximum absolute atomic E-state index is 13.6. The van der Waals surface area contributed by atoms with Crippen LogP contribution in [0, 0.1) is 0 Å². The fourth-order valence-corrected chi connectivity index (χ4v) is 4.17. The number of nitrogens with zero attached hydrogens (tertiary/aromatic N) is 4. The number of nitrogens with one attached hydrogen (secondary N) is 1. The molecule has 4 heterocycles. The van der Waals surface area contributed by atoms with Crippen LogP contribution in [0.5, 0.6) is 5.75 Å². The zero-order valence-electron chi connectivity index (χ0n) is 18.3. The highest BCUT2D eigenvalue weighted by molar-refractivity contribution is 6.10. The monoisotopic (exact) mass is 429 g/mol. The third kappa shape index (κ3) is 3.07. The molecule has 0 saturated heterocycles. The number of benzene rings is 1. The van der Waals surface area contributed by atoms with Crippen LogP contribution in [0.1, 0.15) is 54.3 Å². The van der Waals surface area contributed by atoms with E-state index >= 15 is 0 Å². The number of anilines is 1. The van der Waals surface area contributed by atoms with Crippen molar-refractivity contribution >= 4 is 11.6 Å². The van der Waals surface area contributed by atoms with Gasteiger partial charge in [0.05, 0.1) is 7.11 Å². The predicted molar refractivity (Wildman–Crippen MR) is 119 cm³/mol. The van der Waals surface area contributed by atoms with E-state index in [1.807, 2.05) is 36.4 Å². The van der Waals surface area contributed by atoms with Gasteiger partial charge in [-0.25, -0.2) is 0 Å². The number of aromatic amines is 1. The SMILES string of the molecule is COc1cccnc1C1c2c(n[nH]c2C(C)(C)C)C(=O)N1c1ccc(-c2ccon2)cc1. The lowest BCUT2D eigenvalue weighted by atomic mass is 9.86. The van der Waals surface area contributed by atoms with Crippen molar-refractivity contribution in [2.75, 3.05) is 12.0 Å². The average Bonchev–Trinajstić information content (AvgIpc) is 3.51. The maximum atomic E-state index is 13.6. The molecule has 1 aliphatic heterocycles. The average molecular weight is 429 g/mol. The molecule has 1 aromatic carbocycles. The topological polar surface area (TPSA) is 97.1 Å². The highest BCUT2D eigenvalue weighted by Crippen LogP contribution is 2.46. The number of H-pyrrole nitrogens is 1. The molecule has 1 amide bonds. The first-order valence-corrected chi connectivity index (χ1v) is 10.3. The summed E-state index contributed by atoms with van der Waals surface area (Å²) in [7, 11) is 1.61. The van der Waals surface area contributed by atoms with Crippen molar-refractivity contribution in [2.45, 2.75) is 32.2 Å². The maximum Gasteiger partial charge on any atom is 0.280 e. The van der Waals surface area contributed by atoms with Crippen LogP contribution >= 0.6 is 0 Å². The molecule has 3 aromatic heterocycles. The van der Waals surface area contributed by atoms with Gasteiger partial charge in [0.1, 0.15) is 29.4 Å². The molecule has 8 heteroatoms. The molecule has 0 fully saturated rings. The Morgan fingerprint density at radius 3 is 2.56 bits per heavy atom. The molecular weight excluding hydrogens is 406 g/mol. The van der Waals surface area contributed by atoms with Crippen LogP contribution in [-0.2, 0) is 5.41 Å². The fourth-order valence-electron chi connectivity index (χ4n) is 4.17. The summed E-state index contributed by atoms with van der Waals surface area (Å²) in [4.78, 5) is 19.9. The van der Waals surface area contributed by atoms with Crippen molar-refractivity contribution in [3.05, 3.63) is 77.6 Å². The number of ether oxygens (including phenoxy) is 1. The van der Waals surface area contributed by atoms with E-state index in [0.717, 1.165) is 28.2 Å². The fraction of sp³-hybridized carbons (Fsp3) is 0.250. The Labute approximate surface area is 185 Å². The van der Waals surface area contributed by atoms with Crippen molar-refractivity contribution < 1.29 is 14.1 Å². The van der Waals surface area contributed by atoms with E-state index in [4.69, 9.17) is 9.26 Å². The summed E-state index contributed by atoms with van der Waals surface area (Å²) >= 11 is 0. The van der Waals surface area contributed by atoms with Crippen LogP contribution in [0.4, 0.5) is 5.69 Å². The van der Waals surface area contributed by atoms with Crippen molar-refractivity contribution in [1.82, 2.24) is 20.3 Å². The summed E-state index contributed by atoms with van der Waals surface area (Å²) in [5, 5.41) is 11.5. The third-order valence-electron chi connectivity index (χ3n) is 5.66. The smallest absolute Gasteiger partial charge is 0.280 e.